The van der Waals surface area contributed by atoms with Crippen molar-refractivity contribution in [2.75, 3.05) is 6.79 Å². The highest BCUT2D eigenvalue weighted by atomic mass is 35.5. The van der Waals surface area contributed by atoms with Crippen molar-refractivity contribution in [3.8, 4) is 0 Å². The summed E-state index contributed by atoms with van der Waals surface area (Å²) in [6.07, 6.45) is 0. The maximum atomic E-state index is 12.8. The minimum Gasteiger partial charge on any atom is -0.427 e. The van der Waals surface area contributed by atoms with Gasteiger partial charge >= 0.3 is 11.9 Å². The summed E-state index contributed by atoms with van der Waals surface area (Å²) in [6, 6.07) is 6.31. The first-order valence-electron chi connectivity index (χ1n) is 10.3. The van der Waals surface area contributed by atoms with Crippen molar-refractivity contribution in [1.82, 2.24) is 10.2 Å². The Hall–Kier alpha value is -2.30. The minimum absolute atomic E-state index is 0. The molecule has 0 spiro atoms. The number of nitrogens with zero attached hydrogens (tertiary/aromatic N) is 1. The molecule has 0 aromatic heterocycles. The summed E-state index contributed by atoms with van der Waals surface area (Å²) in [7, 11) is 0. The van der Waals surface area contributed by atoms with Gasteiger partial charge in [0, 0.05) is 4.75 Å². The van der Waals surface area contributed by atoms with E-state index in [1.165, 1.54) is 16.7 Å². The lowest BCUT2D eigenvalue weighted by molar-refractivity contribution is -0.180. The molecule has 0 saturated carbocycles. The summed E-state index contributed by atoms with van der Waals surface area (Å²) in [5, 5.41) is 2.29. The Morgan fingerprint density at radius 2 is 1.79 bits per heavy atom. The maximum absolute atomic E-state index is 12.8. The van der Waals surface area contributed by atoms with Crippen molar-refractivity contribution in [3.63, 3.8) is 0 Å². The fourth-order valence-corrected chi connectivity index (χ4v) is 5.24. The second-order valence-electron chi connectivity index (χ2n) is 9.40. The van der Waals surface area contributed by atoms with Crippen molar-refractivity contribution < 1.29 is 28.7 Å². The molecule has 3 rings (SSSR count). The Morgan fingerprint density at radius 1 is 1.18 bits per heavy atom. The monoisotopic (exact) mass is 499 g/mol. The predicted octanol–water partition coefficient (Wildman–Crippen LogP) is 1.75. The molecule has 33 heavy (non-hydrogen) atoms. The van der Waals surface area contributed by atoms with Crippen molar-refractivity contribution in [1.29, 1.82) is 0 Å². The summed E-state index contributed by atoms with van der Waals surface area (Å²) in [5.41, 5.74) is 5.94. The molecular formula is C22H30ClN3O6S. The molecule has 2 amide bonds. The lowest BCUT2D eigenvalue weighted by atomic mass is 9.95. The van der Waals surface area contributed by atoms with Gasteiger partial charge in [-0.1, -0.05) is 30.3 Å². The number of esters is 2. The molecule has 1 unspecified atom stereocenters. The molecule has 3 N–H and O–H groups in total. The van der Waals surface area contributed by atoms with Gasteiger partial charge in [-0.3, -0.25) is 14.4 Å². The number of nitrogens with two attached hydrogens (primary N) is 1. The number of carbonyl (C=O) groups is 4. The van der Waals surface area contributed by atoms with Gasteiger partial charge in [-0.05, 0) is 40.2 Å². The van der Waals surface area contributed by atoms with E-state index in [1.807, 2.05) is 19.9 Å². The molecule has 0 bridgehead atoms. The highest BCUT2D eigenvalue weighted by Gasteiger charge is 2.64. The van der Waals surface area contributed by atoms with Gasteiger partial charge in [0.2, 0.25) is 18.6 Å². The van der Waals surface area contributed by atoms with E-state index in [0.29, 0.717) is 5.56 Å². The smallest absolute Gasteiger partial charge is 0.333 e. The first kappa shape index (κ1) is 26.9. The largest absolute Gasteiger partial charge is 0.427 e. The number of fused-ring (bicyclic) bond motifs is 1. The van der Waals surface area contributed by atoms with Gasteiger partial charge in [-0.15, -0.1) is 24.2 Å². The van der Waals surface area contributed by atoms with Crippen LogP contribution in [0.4, 0.5) is 0 Å². The van der Waals surface area contributed by atoms with Gasteiger partial charge in [0.05, 0.1) is 5.41 Å². The highest BCUT2D eigenvalue weighted by Crippen LogP contribution is 2.51. The van der Waals surface area contributed by atoms with E-state index in [1.54, 1.807) is 45.0 Å². The molecule has 1 aromatic carbocycles. The molecule has 182 valence electrons. The standard InChI is InChI=1S/C22H29N3O6S.ClH/c1-21(2,3)20(29)31-11-30-19(28)15-22(4,5)32-18-14(17(27)25(15)18)24-16(26)13(23)12-9-7-6-8-10-12;/h6-10,13-15,18H,11,23H2,1-5H3,(H,24,26);1H/t13-,14-,15?,18-;/m0./s1. The van der Waals surface area contributed by atoms with Crippen LogP contribution in [-0.4, -0.2) is 57.7 Å². The Kier molecular flexibility index (Phi) is 8.09. The van der Waals surface area contributed by atoms with Gasteiger partial charge in [0.1, 0.15) is 23.5 Å². The van der Waals surface area contributed by atoms with E-state index < -0.39 is 58.3 Å². The van der Waals surface area contributed by atoms with E-state index in [9.17, 15) is 19.2 Å². The zero-order valence-corrected chi connectivity index (χ0v) is 20.8. The molecular weight excluding hydrogens is 470 g/mol. The highest BCUT2D eigenvalue weighted by molar-refractivity contribution is 8.01. The van der Waals surface area contributed by atoms with Crippen LogP contribution in [0.15, 0.2) is 30.3 Å². The van der Waals surface area contributed by atoms with Crippen LogP contribution in [0.5, 0.6) is 0 Å². The lowest BCUT2D eigenvalue weighted by Gasteiger charge is -2.44. The molecule has 11 heteroatoms. The number of carbonyl (C=O) groups excluding carboxylic acids is 4. The maximum Gasteiger partial charge on any atom is 0.333 e. The van der Waals surface area contributed by atoms with Crippen LogP contribution in [0, 0.1) is 5.41 Å². The fraction of sp³-hybridized carbons (Fsp3) is 0.545. The Bertz CT molecular complexity index is 920. The van der Waals surface area contributed by atoms with Crippen LogP contribution >= 0.6 is 24.2 Å². The molecule has 2 fully saturated rings. The predicted molar refractivity (Wildman–Crippen MR) is 125 cm³/mol. The lowest BCUT2D eigenvalue weighted by Crippen LogP contribution is -2.71. The van der Waals surface area contributed by atoms with Gasteiger partial charge in [-0.25, -0.2) is 4.79 Å². The van der Waals surface area contributed by atoms with E-state index in [0.717, 1.165) is 0 Å². The number of nitrogens with one attached hydrogen (secondary N) is 1. The Morgan fingerprint density at radius 3 is 2.36 bits per heavy atom. The van der Waals surface area contributed by atoms with Crippen molar-refractivity contribution in [2.24, 2.45) is 11.1 Å². The third-order valence-electron chi connectivity index (χ3n) is 5.41. The number of β-lactam (4-membered cyclic amide) rings is 1. The number of halogens is 1. The second kappa shape index (κ2) is 9.90. The molecule has 2 aliphatic heterocycles. The van der Waals surface area contributed by atoms with E-state index in [4.69, 9.17) is 15.2 Å². The number of ether oxygens (including phenoxy) is 2. The van der Waals surface area contributed by atoms with E-state index >= 15 is 0 Å². The molecule has 4 atom stereocenters. The molecule has 1 aromatic rings. The summed E-state index contributed by atoms with van der Waals surface area (Å²) in [5.74, 6) is -2.00. The number of rotatable bonds is 6. The second-order valence-corrected chi connectivity index (χ2v) is 11.2. The topological polar surface area (TPSA) is 128 Å². The zero-order chi connectivity index (χ0) is 23.8. The van der Waals surface area contributed by atoms with Crippen LogP contribution in [0.25, 0.3) is 0 Å². The van der Waals surface area contributed by atoms with E-state index in [2.05, 4.69) is 5.32 Å². The third-order valence-corrected chi connectivity index (χ3v) is 6.98. The molecule has 0 aliphatic carbocycles. The minimum atomic E-state index is -0.907. The average Bonchev–Trinajstić information content (AvgIpc) is 2.98. The molecule has 9 nitrogen and oxygen atoms in total. The number of hydrogen-bond acceptors (Lipinski definition) is 8. The average molecular weight is 500 g/mol. The fourth-order valence-electron chi connectivity index (χ4n) is 3.62. The summed E-state index contributed by atoms with van der Waals surface area (Å²) in [4.78, 5) is 51.4. The van der Waals surface area contributed by atoms with Crippen LogP contribution in [0.3, 0.4) is 0 Å². The first-order chi connectivity index (χ1) is 14.8. The Labute approximate surface area is 203 Å². The van der Waals surface area contributed by atoms with Crippen LogP contribution in [0.1, 0.15) is 46.2 Å². The van der Waals surface area contributed by atoms with E-state index in [-0.39, 0.29) is 18.3 Å². The number of thioether (sulfide) groups is 1. The molecule has 2 heterocycles. The van der Waals surface area contributed by atoms with Crippen molar-refractivity contribution in [3.05, 3.63) is 35.9 Å². The van der Waals surface area contributed by atoms with Gasteiger partial charge in [-0.2, -0.15) is 0 Å². The quantitative estimate of drug-likeness (QED) is 0.344. The summed E-state index contributed by atoms with van der Waals surface area (Å²) < 4.78 is 9.47. The van der Waals surface area contributed by atoms with Gasteiger partial charge < -0.3 is 25.4 Å². The summed E-state index contributed by atoms with van der Waals surface area (Å²) in [6.45, 7) is 8.20. The van der Waals surface area contributed by atoms with Crippen LogP contribution in [-0.2, 0) is 28.7 Å². The molecule has 0 radical (unpaired) electrons. The number of benzene rings is 1. The van der Waals surface area contributed by atoms with Gasteiger partial charge in [0.25, 0.3) is 0 Å². The summed E-state index contributed by atoms with van der Waals surface area (Å²) >= 11 is 1.40. The van der Waals surface area contributed by atoms with Gasteiger partial charge in [0.15, 0.2) is 0 Å². The number of amides is 2. The van der Waals surface area contributed by atoms with Crippen molar-refractivity contribution >= 4 is 47.9 Å². The van der Waals surface area contributed by atoms with Crippen LogP contribution in [0.2, 0.25) is 0 Å². The third kappa shape index (κ3) is 5.44. The van der Waals surface area contributed by atoms with Crippen LogP contribution < -0.4 is 11.1 Å². The zero-order valence-electron chi connectivity index (χ0n) is 19.2. The van der Waals surface area contributed by atoms with Crippen molar-refractivity contribution in [2.45, 2.75) is 62.9 Å². The molecule has 2 aliphatic rings. The SMILES string of the molecule is CC(C)(C)C(=O)OCOC(=O)C1N2C(=O)[C@H](NC(=O)[C@@H](N)c3ccccc3)[C@@H]2SC1(C)C.Cl. The number of hydrogen-bond donors (Lipinski definition) is 2. The molecule has 2 saturated heterocycles. The normalized spacial score (nSPS) is 24.0. The Balaban J connectivity index is 0.00000385. The first-order valence-corrected chi connectivity index (χ1v) is 11.2.